The summed E-state index contributed by atoms with van der Waals surface area (Å²) in [5.41, 5.74) is 2.08. The molecule has 0 aliphatic carbocycles. The molecule has 3 N–H and O–H groups in total. The number of rotatable bonds is 8. The van der Waals surface area contributed by atoms with Crippen molar-refractivity contribution in [3.8, 4) is 11.5 Å². The minimum atomic E-state index is -0.368. The number of carbonyl (C=O) groups is 2. The van der Waals surface area contributed by atoms with Gasteiger partial charge in [0.25, 0.3) is 0 Å². The summed E-state index contributed by atoms with van der Waals surface area (Å²) in [5, 5.41) is 8.44. The van der Waals surface area contributed by atoms with Crippen LogP contribution in [0.5, 0.6) is 11.5 Å². The molecule has 28 heavy (non-hydrogen) atoms. The minimum Gasteiger partial charge on any atom is -0.494 e. The van der Waals surface area contributed by atoms with E-state index >= 15 is 0 Å². The molecule has 2 aromatic rings. The van der Waals surface area contributed by atoms with Crippen LogP contribution in [0.2, 0.25) is 0 Å². The lowest BCUT2D eigenvalue weighted by Gasteiger charge is -2.18. The highest BCUT2D eigenvalue weighted by molar-refractivity contribution is 5.91. The number of amides is 3. The molecular formula is C21H27N3O4. The first-order valence-electron chi connectivity index (χ1n) is 9.27. The smallest absolute Gasteiger partial charge is 0.319 e. The SMILES string of the molecule is CCOc1ccc(OCC)c(NC(=O)NC(C)c2cccc(NC(C)=O)c2)c1. The van der Waals surface area contributed by atoms with E-state index in [1.807, 2.05) is 39.0 Å². The lowest BCUT2D eigenvalue weighted by molar-refractivity contribution is -0.114. The third-order valence-electron chi connectivity index (χ3n) is 3.86. The molecule has 150 valence electrons. The summed E-state index contributed by atoms with van der Waals surface area (Å²) in [4.78, 5) is 23.7. The maximum absolute atomic E-state index is 12.5. The monoisotopic (exact) mass is 385 g/mol. The average Bonchev–Trinajstić information content (AvgIpc) is 2.64. The van der Waals surface area contributed by atoms with E-state index in [0.717, 1.165) is 5.56 Å². The summed E-state index contributed by atoms with van der Waals surface area (Å²) in [6.07, 6.45) is 0. The Labute approximate surface area is 165 Å². The van der Waals surface area contributed by atoms with Gasteiger partial charge in [-0.3, -0.25) is 4.79 Å². The number of anilines is 2. The van der Waals surface area contributed by atoms with Crippen LogP contribution in [0.25, 0.3) is 0 Å². The number of ether oxygens (including phenoxy) is 2. The molecule has 0 spiro atoms. The van der Waals surface area contributed by atoms with Gasteiger partial charge in [-0.15, -0.1) is 0 Å². The lowest BCUT2D eigenvalue weighted by Crippen LogP contribution is -2.31. The van der Waals surface area contributed by atoms with Crippen LogP contribution in [0.1, 0.15) is 39.3 Å². The van der Waals surface area contributed by atoms with Crippen molar-refractivity contribution in [1.82, 2.24) is 5.32 Å². The molecule has 0 saturated heterocycles. The van der Waals surface area contributed by atoms with Crippen LogP contribution >= 0.6 is 0 Å². The van der Waals surface area contributed by atoms with E-state index in [9.17, 15) is 9.59 Å². The Balaban J connectivity index is 2.08. The van der Waals surface area contributed by atoms with Crippen molar-refractivity contribution in [3.05, 3.63) is 48.0 Å². The van der Waals surface area contributed by atoms with E-state index < -0.39 is 0 Å². The van der Waals surface area contributed by atoms with Crippen molar-refractivity contribution >= 4 is 23.3 Å². The molecule has 0 heterocycles. The van der Waals surface area contributed by atoms with Gasteiger partial charge >= 0.3 is 6.03 Å². The van der Waals surface area contributed by atoms with E-state index in [2.05, 4.69) is 16.0 Å². The molecule has 0 radical (unpaired) electrons. The van der Waals surface area contributed by atoms with E-state index in [1.54, 1.807) is 24.3 Å². The first-order valence-corrected chi connectivity index (χ1v) is 9.27. The number of hydrogen-bond acceptors (Lipinski definition) is 4. The molecule has 1 atom stereocenters. The predicted molar refractivity (Wildman–Crippen MR) is 110 cm³/mol. The zero-order valence-electron chi connectivity index (χ0n) is 16.7. The molecule has 1 unspecified atom stereocenters. The first kappa shape index (κ1) is 21.1. The van der Waals surface area contributed by atoms with Crippen LogP contribution in [-0.4, -0.2) is 25.2 Å². The summed E-state index contributed by atoms with van der Waals surface area (Å²) in [7, 11) is 0. The Bertz CT molecular complexity index is 823. The Morgan fingerprint density at radius 2 is 1.75 bits per heavy atom. The van der Waals surface area contributed by atoms with Crippen LogP contribution in [0, 0.1) is 0 Å². The Hall–Kier alpha value is -3.22. The van der Waals surface area contributed by atoms with Gasteiger partial charge in [0.15, 0.2) is 0 Å². The fraction of sp³-hybridized carbons (Fsp3) is 0.333. The fourth-order valence-electron chi connectivity index (χ4n) is 2.67. The highest BCUT2D eigenvalue weighted by Crippen LogP contribution is 2.29. The third-order valence-corrected chi connectivity index (χ3v) is 3.86. The highest BCUT2D eigenvalue weighted by atomic mass is 16.5. The predicted octanol–water partition coefficient (Wildman–Crippen LogP) is 4.33. The number of benzene rings is 2. The minimum absolute atomic E-state index is 0.145. The van der Waals surface area contributed by atoms with Gasteiger partial charge in [0.05, 0.1) is 24.9 Å². The van der Waals surface area contributed by atoms with Crippen molar-refractivity contribution in [2.45, 2.75) is 33.7 Å². The molecule has 0 bridgehead atoms. The van der Waals surface area contributed by atoms with Gasteiger partial charge in [-0.25, -0.2) is 4.79 Å². The highest BCUT2D eigenvalue weighted by Gasteiger charge is 2.13. The second-order valence-corrected chi connectivity index (χ2v) is 6.15. The van der Waals surface area contributed by atoms with Gasteiger partial charge < -0.3 is 25.4 Å². The van der Waals surface area contributed by atoms with Crippen LogP contribution in [0.4, 0.5) is 16.2 Å². The molecule has 0 fully saturated rings. The molecule has 3 amide bonds. The van der Waals surface area contributed by atoms with E-state index in [-0.39, 0.29) is 18.0 Å². The summed E-state index contributed by atoms with van der Waals surface area (Å²) >= 11 is 0. The average molecular weight is 385 g/mol. The maximum atomic E-state index is 12.5. The van der Waals surface area contributed by atoms with Crippen LogP contribution in [0.3, 0.4) is 0 Å². The Morgan fingerprint density at radius 3 is 2.43 bits per heavy atom. The number of hydrogen-bond donors (Lipinski definition) is 3. The van der Waals surface area contributed by atoms with Crippen LogP contribution < -0.4 is 25.4 Å². The molecule has 0 aliphatic rings. The summed E-state index contributed by atoms with van der Waals surface area (Å²) in [6.45, 7) is 8.11. The van der Waals surface area contributed by atoms with Gasteiger partial charge in [0.1, 0.15) is 11.5 Å². The first-order chi connectivity index (χ1) is 13.4. The van der Waals surface area contributed by atoms with Gasteiger partial charge in [-0.2, -0.15) is 0 Å². The Kier molecular flexibility index (Phi) is 7.68. The van der Waals surface area contributed by atoms with Gasteiger partial charge in [-0.05, 0) is 50.6 Å². The third kappa shape index (κ3) is 6.19. The second kappa shape index (κ2) is 10.2. The van der Waals surface area contributed by atoms with Crippen LogP contribution in [-0.2, 0) is 4.79 Å². The number of carbonyl (C=O) groups excluding carboxylic acids is 2. The molecule has 2 rings (SSSR count). The molecule has 0 aliphatic heterocycles. The molecule has 7 nitrogen and oxygen atoms in total. The zero-order chi connectivity index (χ0) is 20.5. The topological polar surface area (TPSA) is 88.7 Å². The zero-order valence-corrected chi connectivity index (χ0v) is 16.7. The number of nitrogens with one attached hydrogen (secondary N) is 3. The molecule has 0 aromatic heterocycles. The largest absolute Gasteiger partial charge is 0.494 e. The van der Waals surface area contributed by atoms with Crippen molar-refractivity contribution in [1.29, 1.82) is 0 Å². The molecule has 0 saturated carbocycles. The molecule has 7 heteroatoms. The summed E-state index contributed by atoms with van der Waals surface area (Å²) in [5.74, 6) is 1.08. The van der Waals surface area contributed by atoms with E-state index in [0.29, 0.717) is 36.1 Å². The van der Waals surface area contributed by atoms with E-state index in [1.165, 1.54) is 6.92 Å². The lowest BCUT2D eigenvalue weighted by atomic mass is 10.1. The summed E-state index contributed by atoms with van der Waals surface area (Å²) in [6, 6.07) is 12.0. The van der Waals surface area contributed by atoms with Gasteiger partial charge in [-0.1, -0.05) is 12.1 Å². The van der Waals surface area contributed by atoms with Gasteiger partial charge in [0, 0.05) is 18.7 Å². The second-order valence-electron chi connectivity index (χ2n) is 6.15. The standard InChI is InChI=1S/C21H27N3O4/c1-5-27-18-10-11-20(28-6-2)19(13-18)24-21(26)22-14(3)16-8-7-9-17(12-16)23-15(4)25/h7-14H,5-6H2,1-4H3,(H,23,25)(H2,22,24,26). The van der Waals surface area contributed by atoms with Crippen molar-refractivity contribution in [2.24, 2.45) is 0 Å². The van der Waals surface area contributed by atoms with E-state index in [4.69, 9.17) is 9.47 Å². The summed E-state index contributed by atoms with van der Waals surface area (Å²) < 4.78 is 11.1. The Morgan fingerprint density at radius 1 is 1.00 bits per heavy atom. The van der Waals surface area contributed by atoms with Crippen LogP contribution in [0.15, 0.2) is 42.5 Å². The maximum Gasteiger partial charge on any atom is 0.319 e. The molecule has 2 aromatic carbocycles. The fourth-order valence-corrected chi connectivity index (χ4v) is 2.67. The van der Waals surface area contributed by atoms with Crippen molar-refractivity contribution in [2.75, 3.05) is 23.8 Å². The normalized spacial score (nSPS) is 11.3. The number of urea groups is 1. The molecular weight excluding hydrogens is 358 g/mol. The quantitative estimate of drug-likeness (QED) is 0.631. The van der Waals surface area contributed by atoms with Gasteiger partial charge in [0.2, 0.25) is 5.91 Å². The van der Waals surface area contributed by atoms with Crippen molar-refractivity contribution < 1.29 is 19.1 Å². The van der Waals surface area contributed by atoms with Crippen molar-refractivity contribution in [3.63, 3.8) is 0 Å².